The summed E-state index contributed by atoms with van der Waals surface area (Å²) in [6, 6.07) is 17.9. The Balaban J connectivity index is 2.18. The van der Waals surface area contributed by atoms with Gasteiger partial charge in [-0.05, 0) is 36.8 Å². The molecule has 120 valence electrons. The van der Waals surface area contributed by atoms with Crippen molar-refractivity contribution in [2.75, 3.05) is 6.54 Å². The van der Waals surface area contributed by atoms with Gasteiger partial charge in [0.1, 0.15) is 0 Å². The number of thiazole rings is 1. The zero-order valence-electron chi connectivity index (χ0n) is 13.5. The number of hydrogen-bond donors (Lipinski definition) is 0. The number of carbonyl (C=O) groups excluding carboxylic acids is 1. The molecule has 3 rings (SSSR count). The third-order valence-corrected chi connectivity index (χ3v) is 4.53. The molecule has 4 heteroatoms. The Kier molecular flexibility index (Phi) is 4.87. The van der Waals surface area contributed by atoms with Crippen molar-refractivity contribution in [2.45, 2.75) is 6.92 Å². The van der Waals surface area contributed by atoms with Crippen LogP contribution in [0.25, 0.3) is 16.9 Å². The topological polar surface area (TPSA) is 34.4 Å². The summed E-state index contributed by atoms with van der Waals surface area (Å²) in [7, 11) is 0. The number of benzene rings is 2. The fourth-order valence-electron chi connectivity index (χ4n) is 2.47. The van der Waals surface area contributed by atoms with Gasteiger partial charge in [0.2, 0.25) is 0 Å². The lowest BCUT2D eigenvalue weighted by atomic mass is 10.1. The summed E-state index contributed by atoms with van der Waals surface area (Å²) in [4.78, 5) is 17.0. The van der Waals surface area contributed by atoms with Crippen molar-refractivity contribution in [3.63, 3.8) is 0 Å². The van der Waals surface area contributed by atoms with E-state index in [0.29, 0.717) is 12.1 Å². The molecule has 0 saturated heterocycles. The normalized spacial score (nSPS) is 11.5. The highest BCUT2D eigenvalue weighted by Gasteiger charge is 2.10. The van der Waals surface area contributed by atoms with E-state index in [-0.39, 0.29) is 5.78 Å². The lowest BCUT2D eigenvalue weighted by Crippen LogP contribution is -2.14. The predicted octanol–water partition coefficient (Wildman–Crippen LogP) is 4.50. The number of hydrogen-bond acceptors (Lipinski definition) is 3. The van der Waals surface area contributed by atoms with Gasteiger partial charge >= 0.3 is 0 Å². The van der Waals surface area contributed by atoms with Crippen LogP contribution in [0.4, 0.5) is 0 Å². The van der Waals surface area contributed by atoms with Gasteiger partial charge in [0.25, 0.3) is 0 Å². The van der Waals surface area contributed by atoms with E-state index in [9.17, 15) is 4.79 Å². The smallest absolute Gasteiger partial charge is 0.190 e. The van der Waals surface area contributed by atoms with Crippen LogP contribution in [0.15, 0.2) is 77.6 Å². The van der Waals surface area contributed by atoms with Crippen LogP contribution in [0.1, 0.15) is 17.3 Å². The highest BCUT2D eigenvalue weighted by atomic mass is 32.1. The molecule has 0 unspecified atom stereocenters. The highest BCUT2D eigenvalue weighted by Crippen LogP contribution is 2.23. The molecule has 24 heavy (non-hydrogen) atoms. The molecule has 0 amide bonds. The molecule has 0 spiro atoms. The second-order valence-electron chi connectivity index (χ2n) is 5.34. The molecule has 0 N–H and O–H groups in total. The number of carbonyl (C=O) groups is 1. The van der Waals surface area contributed by atoms with Crippen molar-refractivity contribution >= 4 is 17.1 Å². The Morgan fingerprint density at radius 2 is 1.88 bits per heavy atom. The van der Waals surface area contributed by atoms with Crippen LogP contribution in [-0.4, -0.2) is 16.9 Å². The fourth-order valence-corrected chi connectivity index (χ4v) is 3.39. The van der Waals surface area contributed by atoms with Gasteiger partial charge in [-0.15, -0.1) is 17.9 Å². The Labute approximate surface area is 145 Å². The van der Waals surface area contributed by atoms with Gasteiger partial charge in [-0.2, -0.15) is 0 Å². The highest BCUT2D eigenvalue weighted by molar-refractivity contribution is 7.07. The quantitative estimate of drug-likeness (QED) is 0.500. The predicted molar refractivity (Wildman–Crippen MR) is 99.7 cm³/mol. The molecule has 0 atom stereocenters. The van der Waals surface area contributed by atoms with Gasteiger partial charge in [-0.3, -0.25) is 14.4 Å². The molecule has 0 fully saturated rings. The summed E-state index contributed by atoms with van der Waals surface area (Å²) in [5, 5.41) is 2.11. The third-order valence-electron chi connectivity index (χ3n) is 3.67. The van der Waals surface area contributed by atoms with E-state index in [1.807, 2.05) is 42.5 Å². The maximum Gasteiger partial charge on any atom is 0.190 e. The second kappa shape index (κ2) is 7.23. The number of aromatic nitrogens is 1. The van der Waals surface area contributed by atoms with Crippen molar-refractivity contribution in [2.24, 2.45) is 4.99 Å². The van der Waals surface area contributed by atoms with Gasteiger partial charge in [0, 0.05) is 16.6 Å². The van der Waals surface area contributed by atoms with Gasteiger partial charge in [-0.25, -0.2) is 0 Å². The van der Waals surface area contributed by atoms with Crippen molar-refractivity contribution in [1.29, 1.82) is 0 Å². The number of ketones is 1. The van der Waals surface area contributed by atoms with Crippen molar-refractivity contribution < 1.29 is 4.79 Å². The third kappa shape index (κ3) is 3.29. The van der Waals surface area contributed by atoms with Gasteiger partial charge in [-0.1, -0.05) is 36.4 Å². The lowest BCUT2D eigenvalue weighted by molar-refractivity contribution is 0.101. The molecule has 0 radical (unpaired) electrons. The summed E-state index contributed by atoms with van der Waals surface area (Å²) >= 11 is 1.60. The summed E-state index contributed by atoms with van der Waals surface area (Å²) < 4.78 is 2.12. The van der Waals surface area contributed by atoms with Crippen LogP contribution in [-0.2, 0) is 0 Å². The van der Waals surface area contributed by atoms with Gasteiger partial charge in [0.15, 0.2) is 10.6 Å². The molecular formula is C20H18N2OS. The van der Waals surface area contributed by atoms with E-state index in [2.05, 4.69) is 33.7 Å². The van der Waals surface area contributed by atoms with Crippen molar-refractivity contribution in [3.05, 3.63) is 83.0 Å². The van der Waals surface area contributed by atoms with E-state index < -0.39 is 0 Å². The van der Waals surface area contributed by atoms with Crippen LogP contribution in [0, 0.1) is 0 Å². The van der Waals surface area contributed by atoms with Gasteiger partial charge < -0.3 is 0 Å². The second-order valence-corrected chi connectivity index (χ2v) is 6.17. The van der Waals surface area contributed by atoms with E-state index in [0.717, 1.165) is 21.7 Å². The first-order valence-corrected chi connectivity index (χ1v) is 8.57. The molecule has 0 aliphatic rings. The van der Waals surface area contributed by atoms with Crippen LogP contribution in [0.5, 0.6) is 0 Å². The molecule has 0 aliphatic heterocycles. The maximum absolute atomic E-state index is 11.5. The van der Waals surface area contributed by atoms with E-state index in [1.54, 1.807) is 24.3 Å². The first-order chi connectivity index (χ1) is 11.7. The zero-order chi connectivity index (χ0) is 16.9. The van der Waals surface area contributed by atoms with E-state index in [1.165, 1.54) is 0 Å². The molecular weight excluding hydrogens is 316 g/mol. The van der Waals surface area contributed by atoms with E-state index >= 15 is 0 Å². The van der Waals surface area contributed by atoms with Crippen molar-refractivity contribution in [1.82, 2.24) is 4.57 Å². The van der Waals surface area contributed by atoms with Gasteiger partial charge in [0.05, 0.1) is 12.2 Å². The monoisotopic (exact) mass is 334 g/mol. The fraction of sp³-hybridized carbons (Fsp3) is 0.100. The minimum atomic E-state index is 0.0664. The zero-order valence-corrected chi connectivity index (χ0v) is 14.3. The number of Topliss-reactive ketones (excluding diaryl/α,β-unsaturated/α-hetero) is 1. The van der Waals surface area contributed by atoms with Crippen LogP contribution < -0.4 is 4.80 Å². The first kappa shape index (κ1) is 16.1. The van der Waals surface area contributed by atoms with Crippen molar-refractivity contribution in [3.8, 4) is 16.9 Å². The SMILES string of the molecule is C=CCN=c1scc(-c2ccccc2)n1-c1ccc(C(C)=O)cc1. The summed E-state index contributed by atoms with van der Waals surface area (Å²) in [6.07, 6.45) is 1.78. The summed E-state index contributed by atoms with van der Waals surface area (Å²) in [5.41, 5.74) is 3.91. The van der Waals surface area contributed by atoms with Crippen LogP contribution >= 0.6 is 11.3 Å². The Bertz CT molecular complexity index is 918. The largest absolute Gasteiger partial charge is 0.295 e. The summed E-state index contributed by atoms with van der Waals surface area (Å²) in [5.74, 6) is 0.0664. The molecule has 3 aromatic rings. The van der Waals surface area contributed by atoms with Crippen LogP contribution in [0.3, 0.4) is 0 Å². The molecule has 0 aliphatic carbocycles. The summed E-state index contributed by atoms with van der Waals surface area (Å²) in [6.45, 7) is 5.88. The average molecular weight is 334 g/mol. The lowest BCUT2D eigenvalue weighted by Gasteiger charge is -2.10. The van der Waals surface area contributed by atoms with Crippen LogP contribution in [0.2, 0.25) is 0 Å². The average Bonchev–Trinajstić information content (AvgIpc) is 3.04. The minimum absolute atomic E-state index is 0.0664. The minimum Gasteiger partial charge on any atom is -0.295 e. The Morgan fingerprint density at radius 3 is 2.50 bits per heavy atom. The molecule has 1 aromatic heterocycles. The molecule has 3 nitrogen and oxygen atoms in total. The standard InChI is InChI=1S/C20H18N2OS/c1-3-13-21-20-22(18-11-9-16(10-12-18)15(2)23)19(14-24-20)17-7-5-4-6-8-17/h3-12,14H,1,13H2,2H3. The molecule has 1 heterocycles. The first-order valence-electron chi connectivity index (χ1n) is 7.69. The Hall–Kier alpha value is -2.72. The molecule has 2 aromatic carbocycles. The maximum atomic E-state index is 11.5. The molecule has 0 saturated carbocycles. The molecule has 0 bridgehead atoms. The van der Waals surface area contributed by atoms with E-state index in [4.69, 9.17) is 0 Å². The number of nitrogens with zero attached hydrogens (tertiary/aromatic N) is 2. The Morgan fingerprint density at radius 1 is 1.17 bits per heavy atom. The number of rotatable bonds is 5.